The zero-order chi connectivity index (χ0) is 15.7. The monoisotopic (exact) mass is 326 g/mol. The first-order valence-electron chi connectivity index (χ1n) is 6.71. The Hall–Kier alpha value is -1.29. The van der Waals surface area contributed by atoms with Crippen LogP contribution < -0.4 is 5.32 Å². The molecule has 0 aliphatic heterocycles. The molecule has 0 radical (unpaired) electrons. The third kappa shape index (κ3) is 7.90. The van der Waals surface area contributed by atoms with Crippen LogP contribution in [0, 0.1) is 0 Å². The van der Waals surface area contributed by atoms with Crippen LogP contribution in [0.4, 0.5) is 0 Å². The highest BCUT2D eigenvalue weighted by Crippen LogP contribution is 2.23. The summed E-state index contributed by atoms with van der Waals surface area (Å²) in [4.78, 5) is 13.6. The molecule has 1 aromatic carbocycles. The van der Waals surface area contributed by atoms with Crippen molar-refractivity contribution in [2.24, 2.45) is 0 Å². The molecule has 0 aromatic heterocycles. The van der Waals surface area contributed by atoms with Crippen LogP contribution in [0.5, 0.6) is 0 Å². The van der Waals surface area contributed by atoms with E-state index in [9.17, 15) is 4.79 Å². The normalized spacial score (nSPS) is 11.7. The van der Waals surface area contributed by atoms with Gasteiger partial charge in [-0.2, -0.15) is 0 Å². The molecular formula is C16H20Cl2N2O. The summed E-state index contributed by atoms with van der Waals surface area (Å²) >= 11 is 11.8. The SMILES string of the molecule is CN(C)CCCNC(=O)/C=C/C=C/c1ccc(Cl)c(Cl)c1. The average molecular weight is 327 g/mol. The van der Waals surface area contributed by atoms with Gasteiger partial charge in [0.05, 0.1) is 10.0 Å². The van der Waals surface area contributed by atoms with Gasteiger partial charge >= 0.3 is 0 Å². The quantitative estimate of drug-likeness (QED) is 0.471. The number of hydrogen-bond donors (Lipinski definition) is 1. The minimum absolute atomic E-state index is 0.0902. The molecule has 1 N–H and O–H groups in total. The highest BCUT2D eigenvalue weighted by molar-refractivity contribution is 6.42. The average Bonchev–Trinajstić information content (AvgIpc) is 2.43. The van der Waals surface area contributed by atoms with Crippen molar-refractivity contribution in [3.05, 3.63) is 52.0 Å². The lowest BCUT2D eigenvalue weighted by Gasteiger charge is -2.08. The zero-order valence-corrected chi connectivity index (χ0v) is 13.8. The Kier molecular flexibility index (Phi) is 8.13. The predicted molar refractivity (Wildman–Crippen MR) is 90.8 cm³/mol. The van der Waals surface area contributed by atoms with Crippen LogP contribution in [0.2, 0.25) is 10.0 Å². The van der Waals surface area contributed by atoms with E-state index in [2.05, 4.69) is 10.2 Å². The summed E-state index contributed by atoms with van der Waals surface area (Å²) in [6, 6.07) is 5.38. The van der Waals surface area contributed by atoms with E-state index in [0.717, 1.165) is 18.5 Å². The van der Waals surface area contributed by atoms with Crippen LogP contribution in [-0.2, 0) is 4.79 Å². The Morgan fingerprint density at radius 2 is 2.00 bits per heavy atom. The van der Waals surface area contributed by atoms with Gasteiger partial charge in [-0.1, -0.05) is 47.5 Å². The van der Waals surface area contributed by atoms with E-state index in [4.69, 9.17) is 23.2 Å². The number of carbonyl (C=O) groups is 1. The van der Waals surface area contributed by atoms with Crippen molar-refractivity contribution in [2.45, 2.75) is 6.42 Å². The highest BCUT2D eigenvalue weighted by atomic mass is 35.5. The number of amides is 1. The molecule has 5 heteroatoms. The van der Waals surface area contributed by atoms with E-state index >= 15 is 0 Å². The van der Waals surface area contributed by atoms with Crippen molar-refractivity contribution in [2.75, 3.05) is 27.2 Å². The molecule has 0 fully saturated rings. The molecule has 1 rings (SSSR count). The molecule has 0 atom stereocenters. The molecule has 3 nitrogen and oxygen atoms in total. The van der Waals surface area contributed by atoms with Gasteiger partial charge in [0.1, 0.15) is 0 Å². The molecule has 114 valence electrons. The summed E-state index contributed by atoms with van der Waals surface area (Å²) in [7, 11) is 4.02. The van der Waals surface area contributed by atoms with E-state index in [-0.39, 0.29) is 5.91 Å². The Bertz CT molecular complexity index is 525. The van der Waals surface area contributed by atoms with Gasteiger partial charge in [0.25, 0.3) is 0 Å². The zero-order valence-electron chi connectivity index (χ0n) is 12.3. The molecular weight excluding hydrogens is 307 g/mol. The smallest absolute Gasteiger partial charge is 0.243 e. The molecule has 0 saturated heterocycles. The molecule has 0 spiro atoms. The first kappa shape index (κ1) is 17.8. The van der Waals surface area contributed by atoms with Crippen LogP contribution in [0.1, 0.15) is 12.0 Å². The van der Waals surface area contributed by atoms with Crippen LogP contribution in [-0.4, -0.2) is 38.0 Å². The fourth-order valence-corrected chi connectivity index (χ4v) is 1.90. The molecule has 0 saturated carbocycles. The van der Waals surface area contributed by atoms with E-state index in [1.54, 1.807) is 24.3 Å². The Morgan fingerprint density at radius 1 is 1.24 bits per heavy atom. The minimum atomic E-state index is -0.0902. The van der Waals surface area contributed by atoms with Gasteiger partial charge in [-0.25, -0.2) is 0 Å². The molecule has 0 bridgehead atoms. The van der Waals surface area contributed by atoms with E-state index in [1.165, 1.54) is 6.08 Å². The molecule has 0 aliphatic rings. The fraction of sp³-hybridized carbons (Fsp3) is 0.312. The van der Waals surface area contributed by atoms with Gasteiger partial charge in [0.15, 0.2) is 0 Å². The lowest BCUT2D eigenvalue weighted by molar-refractivity contribution is -0.116. The van der Waals surface area contributed by atoms with Crippen LogP contribution in [0.3, 0.4) is 0 Å². The van der Waals surface area contributed by atoms with Crippen molar-refractivity contribution < 1.29 is 4.79 Å². The molecule has 1 amide bonds. The molecule has 0 heterocycles. The maximum atomic E-state index is 11.5. The number of rotatable bonds is 7. The van der Waals surface area contributed by atoms with Crippen molar-refractivity contribution in [1.29, 1.82) is 0 Å². The highest BCUT2D eigenvalue weighted by Gasteiger charge is 1.96. The fourth-order valence-electron chi connectivity index (χ4n) is 1.59. The summed E-state index contributed by atoms with van der Waals surface area (Å²) < 4.78 is 0. The van der Waals surface area contributed by atoms with Crippen LogP contribution >= 0.6 is 23.2 Å². The van der Waals surface area contributed by atoms with Gasteiger partial charge in [-0.05, 0) is 44.8 Å². The second-order valence-corrected chi connectivity index (χ2v) is 5.65. The lowest BCUT2D eigenvalue weighted by Crippen LogP contribution is -2.25. The summed E-state index contributed by atoms with van der Waals surface area (Å²) in [5, 5.41) is 3.87. The number of nitrogens with one attached hydrogen (secondary N) is 1. The molecule has 0 unspecified atom stereocenters. The van der Waals surface area contributed by atoms with Crippen molar-refractivity contribution in [3.63, 3.8) is 0 Å². The third-order valence-corrected chi connectivity index (χ3v) is 3.41. The first-order valence-corrected chi connectivity index (χ1v) is 7.47. The van der Waals surface area contributed by atoms with Crippen molar-refractivity contribution in [1.82, 2.24) is 10.2 Å². The first-order chi connectivity index (χ1) is 9.99. The van der Waals surface area contributed by atoms with Crippen LogP contribution in [0.15, 0.2) is 36.4 Å². The van der Waals surface area contributed by atoms with Gasteiger partial charge in [0.2, 0.25) is 5.91 Å². The number of carbonyl (C=O) groups excluding carboxylic acids is 1. The summed E-state index contributed by atoms with van der Waals surface area (Å²) in [6.07, 6.45) is 7.79. The molecule has 1 aromatic rings. The standard InChI is InChI=1S/C16H20Cl2N2O/c1-20(2)11-5-10-19-16(21)7-4-3-6-13-8-9-14(17)15(18)12-13/h3-4,6-9,12H,5,10-11H2,1-2H3,(H,19,21)/b6-3+,7-4+. The number of nitrogens with zero attached hydrogens (tertiary/aromatic N) is 1. The Balaban J connectivity index is 2.34. The number of allylic oxidation sites excluding steroid dienone is 2. The Labute approximate surface area is 136 Å². The van der Waals surface area contributed by atoms with E-state index in [1.807, 2.05) is 26.2 Å². The second-order valence-electron chi connectivity index (χ2n) is 4.84. The lowest BCUT2D eigenvalue weighted by atomic mass is 10.2. The summed E-state index contributed by atoms with van der Waals surface area (Å²) in [5.74, 6) is -0.0902. The van der Waals surface area contributed by atoms with E-state index < -0.39 is 0 Å². The number of halogens is 2. The second kappa shape index (κ2) is 9.61. The minimum Gasteiger partial charge on any atom is -0.353 e. The van der Waals surface area contributed by atoms with Gasteiger partial charge < -0.3 is 10.2 Å². The van der Waals surface area contributed by atoms with Gasteiger partial charge in [-0.3, -0.25) is 4.79 Å². The maximum absolute atomic E-state index is 11.5. The maximum Gasteiger partial charge on any atom is 0.243 e. The van der Waals surface area contributed by atoms with Crippen molar-refractivity contribution >= 4 is 35.2 Å². The summed E-state index contributed by atoms with van der Waals surface area (Å²) in [6.45, 7) is 1.64. The largest absolute Gasteiger partial charge is 0.353 e. The Morgan fingerprint density at radius 3 is 2.67 bits per heavy atom. The predicted octanol–water partition coefficient (Wildman–Crippen LogP) is 3.63. The third-order valence-electron chi connectivity index (χ3n) is 2.67. The molecule has 21 heavy (non-hydrogen) atoms. The van der Waals surface area contributed by atoms with E-state index in [0.29, 0.717) is 16.6 Å². The topological polar surface area (TPSA) is 32.3 Å². The van der Waals surface area contributed by atoms with Gasteiger partial charge in [0, 0.05) is 12.6 Å². The number of hydrogen-bond acceptors (Lipinski definition) is 2. The summed E-state index contributed by atoms with van der Waals surface area (Å²) in [5.41, 5.74) is 0.931. The number of benzene rings is 1. The van der Waals surface area contributed by atoms with Crippen LogP contribution in [0.25, 0.3) is 6.08 Å². The van der Waals surface area contributed by atoms with Gasteiger partial charge in [-0.15, -0.1) is 0 Å². The molecule has 0 aliphatic carbocycles. The van der Waals surface area contributed by atoms with Crippen molar-refractivity contribution in [3.8, 4) is 0 Å².